The van der Waals surface area contributed by atoms with Crippen LogP contribution in [-0.2, 0) is 14.3 Å². The van der Waals surface area contributed by atoms with E-state index in [0.29, 0.717) is 37.2 Å². The van der Waals surface area contributed by atoms with E-state index < -0.39 is 5.97 Å². The van der Waals surface area contributed by atoms with Gasteiger partial charge < -0.3 is 15.0 Å². The molecule has 0 saturated carbocycles. The number of nitrogens with one attached hydrogen (secondary N) is 1. The molecule has 1 aliphatic rings. The first-order valence-corrected chi connectivity index (χ1v) is 8.20. The average molecular weight is 332 g/mol. The Morgan fingerprint density at radius 3 is 2.46 bits per heavy atom. The van der Waals surface area contributed by atoms with Gasteiger partial charge >= 0.3 is 5.97 Å². The maximum Gasteiger partial charge on any atom is 0.337 e. The number of piperidine rings is 1. The van der Waals surface area contributed by atoms with Crippen LogP contribution in [0, 0.1) is 11.8 Å². The molecule has 1 saturated heterocycles. The summed E-state index contributed by atoms with van der Waals surface area (Å²) in [7, 11) is 1.32. The van der Waals surface area contributed by atoms with E-state index in [9.17, 15) is 14.4 Å². The summed E-state index contributed by atoms with van der Waals surface area (Å²) in [4.78, 5) is 37.7. The topological polar surface area (TPSA) is 75.7 Å². The number of likely N-dealkylation sites (tertiary alicyclic amines) is 1. The van der Waals surface area contributed by atoms with Crippen LogP contribution in [0.25, 0.3) is 0 Å². The molecule has 1 fully saturated rings. The fraction of sp³-hybridized carbons (Fsp3) is 0.500. The summed E-state index contributed by atoms with van der Waals surface area (Å²) in [5, 5.41) is 2.85. The first-order chi connectivity index (χ1) is 11.4. The zero-order valence-electron chi connectivity index (χ0n) is 14.4. The quantitative estimate of drug-likeness (QED) is 0.859. The molecule has 6 heteroatoms. The van der Waals surface area contributed by atoms with E-state index >= 15 is 0 Å². The third-order valence-corrected chi connectivity index (χ3v) is 4.22. The second kappa shape index (κ2) is 7.95. The molecule has 0 radical (unpaired) electrons. The fourth-order valence-corrected chi connectivity index (χ4v) is 2.81. The molecule has 130 valence electrons. The van der Waals surface area contributed by atoms with Gasteiger partial charge in [-0.05, 0) is 31.0 Å². The van der Waals surface area contributed by atoms with Crippen LogP contribution in [0.3, 0.4) is 0 Å². The molecule has 1 aromatic carbocycles. The SMILES string of the molecule is COC(=O)c1cccc(NC(=O)C2CCN(C(=O)C(C)C)CC2)c1. The van der Waals surface area contributed by atoms with E-state index in [2.05, 4.69) is 10.1 Å². The van der Waals surface area contributed by atoms with Crippen LogP contribution >= 0.6 is 0 Å². The molecule has 2 amide bonds. The van der Waals surface area contributed by atoms with Crippen molar-refractivity contribution in [2.24, 2.45) is 11.8 Å². The minimum atomic E-state index is -0.438. The minimum Gasteiger partial charge on any atom is -0.465 e. The van der Waals surface area contributed by atoms with Crippen molar-refractivity contribution in [2.75, 3.05) is 25.5 Å². The lowest BCUT2D eigenvalue weighted by molar-refractivity contribution is -0.137. The Bertz CT molecular complexity index is 619. The molecule has 1 aliphatic heterocycles. The molecular weight excluding hydrogens is 308 g/mol. The predicted octanol–water partition coefficient (Wildman–Crippen LogP) is 2.31. The third-order valence-electron chi connectivity index (χ3n) is 4.22. The van der Waals surface area contributed by atoms with Crippen molar-refractivity contribution in [3.05, 3.63) is 29.8 Å². The van der Waals surface area contributed by atoms with Crippen molar-refractivity contribution in [1.82, 2.24) is 4.90 Å². The Labute approximate surface area is 142 Å². The van der Waals surface area contributed by atoms with Crippen LogP contribution in [-0.4, -0.2) is 42.9 Å². The Hall–Kier alpha value is -2.37. The third kappa shape index (κ3) is 4.34. The Morgan fingerprint density at radius 2 is 1.88 bits per heavy atom. The van der Waals surface area contributed by atoms with E-state index in [1.165, 1.54) is 7.11 Å². The van der Waals surface area contributed by atoms with Crippen molar-refractivity contribution < 1.29 is 19.1 Å². The normalized spacial score (nSPS) is 15.2. The number of carbonyl (C=O) groups excluding carboxylic acids is 3. The molecule has 0 bridgehead atoms. The lowest BCUT2D eigenvalue weighted by Crippen LogP contribution is -2.43. The highest BCUT2D eigenvalue weighted by atomic mass is 16.5. The molecule has 0 spiro atoms. The summed E-state index contributed by atoms with van der Waals surface area (Å²) < 4.78 is 4.68. The number of amides is 2. The molecule has 2 rings (SSSR count). The summed E-state index contributed by atoms with van der Waals surface area (Å²) >= 11 is 0. The first-order valence-electron chi connectivity index (χ1n) is 8.20. The van der Waals surface area contributed by atoms with E-state index in [1.54, 1.807) is 24.3 Å². The Morgan fingerprint density at radius 1 is 1.21 bits per heavy atom. The predicted molar refractivity (Wildman–Crippen MR) is 90.6 cm³/mol. The maximum atomic E-state index is 12.4. The number of hydrogen-bond donors (Lipinski definition) is 1. The molecular formula is C18H24N2O4. The molecule has 1 N–H and O–H groups in total. The van der Waals surface area contributed by atoms with Gasteiger partial charge in [-0.15, -0.1) is 0 Å². The number of carbonyl (C=O) groups is 3. The summed E-state index contributed by atoms with van der Waals surface area (Å²) in [5.74, 6) is -0.515. The van der Waals surface area contributed by atoms with E-state index in [1.807, 2.05) is 18.7 Å². The van der Waals surface area contributed by atoms with Gasteiger partial charge in [0, 0.05) is 30.6 Å². The van der Waals surface area contributed by atoms with Gasteiger partial charge in [-0.25, -0.2) is 4.79 Å². The van der Waals surface area contributed by atoms with E-state index in [-0.39, 0.29) is 23.7 Å². The average Bonchev–Trinajstić information content (AvgIpc) is 2.60. The Kier molecular flexibility index (Phi) is 5.95. The Balaban J connectivity index is 1.92. The van der Waals surface area contributed by atoms with Crippen LogP contribution in [0.15, 0.2) is 24.3 Å². The molecule has 0 atom stereocenters. The number of hydrogen-bond acceptors (Lipinski definition) is 4. The van der Waals surface area contributed by atoms with Gasteiger partial charge in [-0.1, -0.05) is 19.9 Å². The number of methoxy groups -OCH3 is 1. The van der Waals surface area contributed by atoms with Crippen molar-refractivity contribution in [3.63, 3.8) is 0 Å². The van der Waals surface area contributed by atoms with Gasteiger partial charge in [0.05, 0.1) is 12.7 Å². The van der Waals surface area contributed by atoms with Gasteiger partial charge in [0.2, 0.25) is 11.8 Å². The minimum absolute atomic E-state index is 0.0172. The highest BCUT2D eigenvalue weighted by Gasteiger charge is 2.28. The highest BCUT2D eigenvalue weighted by molar-refractivity contribution is 5.95. The second-order valence-corrected chi connectivity index (χ2v) is 6.32. The van der Waals surface area contributed by atoms with Crippen molar-refractivity contribution >= 4 is 23.5 Å². The second-order valence-electron chi connectivity index (χ2n) is 6.32. The van der Waals surface area contributed by atoms with E-state index in [4.69, 9.17) is 0 Å². The van der Waals surface area contributed by atoms with Gasteiger partial charge in [0.1, 0.15) is 0 Å². The van der Waals surface area contributed by atoms with Crippen LogP contribution < -0.4 is 5.32 Å². The van der Waals surface area contributed by atoms with Gasteiger partial charge in [-0.3, -0.25) is 9.59 Å². The van der Waals surface area contributed by atoms with Gasteiger partial charge in [0.25, 0.3) is 0 Å². The molecule has 6 nitrogen and oxygen atoms in total. The molecule has 24 heavy (non-hydrogen) atoms. The number of ether oxygens (including phenoxy) is 1. The van der Waals surface area contributed by atoms with Crippen LogP contribution in [0.4, 0.5) is 5.69 Å². The van der Waals surface area contributed by atoms with Crippen LogP contribution in [0.1, 0.15) is 37.0 Å². The molecule has 0 unspecified atom stereocenters. The maximum absolute atomic E-state index is 12.4. The van der Waals surface area contributed by atoms with Gasteiger partial charge in [-0.2, -0.15) is 0 Å². The first kappa shape index (κ1) is 18.0. The molecule has 0 aromatic heterocycles. The van der Waals surface area contributed by atoms with E-state index in [0.717, 1.165) is 0 Å². The molecule has 1 aromatic rings. The number of anilines is 1. The van der Waals surface area contributed by atoms with Crippen LogP contribution in [0.2, 0.25) is 0 Å². The summed E-state index contributed by atoms with van der Waals surface area (Å²) in [5.41, 5.74) is 0.969. The summed E-state index contributed by atoms with van der Waals surface area (Å²) in [6, 6.07) is 6.67. The van der Waals surface area contributed by atoms with Crippen molar-refractivity contribution in [2.45, 2.75) is 26.7 Å². The largest absolute Gasteiger partial charge is 0.465 e. The molecule has 1 heterocycles. The molecule has 0 aliphatic carbocycles. The monoisotopic (exact) mass is 332 g/mol. The summed E-state index contributed by atoms with van der Waals surface area (Å²) in [6.07, 6.45) is 1.31. The number of nitrogens with zero attached hydrogens (tertiary/aromatic N) is 1. The number of benzene rings is 1. The fourth-order valence-electron chi connectivity index (χ4n) is 2.81. The lowest BCUT2D eigenvalue weighted by atomic mass is 9.95. The smallest absolute Gasteiger partial charge is 0.337 e. The van der Waals surface area contributed by atoms with Crippen molar-refractivity contribution in [1.29, 1.82) is 0 Å². The van der Waals surface area contributed by atoms with Crippen LogP contribution in [0.5, 0.6) is 0 Å². The summed E-state index contributed by atoms with van der Waals surface area (Å²) in [6.45, 7) is 4.99. The van der Waals surface area contributed by atoms with Gasteiger partial charge in [0.15, 0.2) is 0 Å². The van der Waals surface area contributed by atoms with Crippen molar-refractivity contribution in [3.8, 4) is 0 Å². The zero-order chi connectivity index (χ0) is 17.7. The standard InChI is InChI=1S/C18H24N2O4/c1-12(2)17(22)20-9-7-13(8-10-20)16(21)19-15-6-4-5-14(11-15)18(23)24-3/h4-6,11-13H,7-10H2,1-3H3,(H,19,21). The number of esters is 1. The highest BCUT2D eigenvalue weighted by Crippen LogP contribution is 2.21. The lowest BCUT2D eigenvalue weighted by Gasteiger charge is -2.32. The zero-order valence-corrected chi connectivity index (χ0v) is 14.4. The number of rotatable bonds is 4.